The number of H-pyrrole nitrogens is 1. The third kappa shape index (κ3) is 1.35. The Hall–Kier alpha value is -1.35. The summed E-state index contributed by atoms with van der Waals surface area (Å²) in [5, 5.41) is 0. The summed E-state index contributed by atoms with van der Waals surface area (Å²) in [4.78, 5) is 10.4. The summed E-state index contributed by atoms with van der Waals surface area (Å²) in [5.74, 6) is 0. The number of nitrogens with one attached hydrogen (secondary N) is 1. The van der Waals surface area contributed by atoms with Gasteiger partial charge in [0.15, 0.2) is 0 Å². The molecule has 2 aromatic heterocycles. The van der Waals surface area contributed by atoms with Gasteiger partial charge in [-0.2, -0.15) is 0 Å². The number of pyridine rings is 1. The van der Waals surface area contributed by atoms with Gasteiger partial charge in [-0.05, 0) is 32.5 Å². The van der Waals surface area contributed by atoms with Crippen molar-refractivity contribution in [3.63, 3.8) is 0 Å². The molecular weight excluding hydrogens is 186 g/mol. The molecular formula is C12H15N3. The molecule has 0 saturated heterocycles. The highest BCUT2D eigenvalue weighted by molar-refractivity contribution is 5.81. The van der Waals surface area contributed by atoms with Crippen LogP contribution in [0.2, 0.25) is 0 Å². The molecule has 2 aromatic rings. The van der Waals surface area contributed by atoms with Gasteiger partial charge in [-0.3, -0.25) is 4.98 Å². The van der Waals surface area contributed by atoms with Crippen LogP contribution in [0.4, 0.5) is 0 Å². The molecule has 0 unspecified atom stereocenters. The van der Waals surface area contributed by atoms with E-state index >= 15 is 0 Å². The van der Waals surface area contributed by atoms with Gasteiger partial charge in [0.05, 0.1) is 11.0 Å². The van der Waals surface area contributed by atoms with Gasteiger partial charge in [-0.1, -0.05) is 0 Å². The topological polar surface area (TPSA) is 31.9 Å². The summed E-state index contributed by atoms with van der Waals surface area (Å²) in [6, 6.07) is 4.20. The molecule has 0 radical (unpaired) electrons. The molecule has 0 saturated carbocycles. The maximum Gasteiger partial charge on any atom is 0.0917 e. The summed E-state index contributed by atoms with van der Waals surface area (Å²) in [5.41, 5.74) is 6.23. The smallest absolute Gasteiger partial charge is 0.0917 e. The molecule has 3 rings (SSSR count). The first kappa shape index (κ1) is 8.92. The van der Waals surface area contributed by atoms with E-state index in [9.17, 15) is 0 Å². The highest BCUT2D eigenvalue weighted by Gasteiger charge is 2.18. The fraction of sp³-hybridized carbons (Fsp3) is 0.417. The molecule has 3 heterocycles. The van der Waals surface area contributed by atoms with E-state index in [1.54, 1.807) is 0 Å². The van der Waals surface area contributed by atoms with E-state index in [1.807, 2.05) is 6.92 Å². The molecule has 0 spiro atoms. The molecule has 3 heteroatoms. The molecule has 0 amide bonds. The fourth-order valence-electron chi connectivity index (χ4n) is 2.32. The van der Waals surface area contributed by atoms with Crippen molar-refractivity contribution in [1.29, 1.82) is 0 Å². The normalized spacial score (nSPS) is 16.9. The molecule has 1 aliphatic rings. The number of fused-ring (bicyclic) bond motifs is 3. The van der Waals surface area contributed by atoms with Crippen LogP contribution in [0.1, 0.15) is 17.0 Å². The van der Waals surface area contributed by atoms with E-state index in [1.165, 1.54) is 22.3 Å². The van der Waals surface area contributed by atoms with Crippen LogP contribution in [0, 0.1) is 6.92 Å². The summed E-state index contributed by atoms with van der Waals surface area (Å²) in [7, 11) is 2.16. The first-order valence-electron chi connectivity index (χ1n) is 5.39. The second-order valence-electron chi connectivity index (χ2n) is 4.42. The number of nitrogens with zero attached hydrogens (tertiary/aromatic N) is 2. The van der Waals surface area contributed by atoms with Gasteiger partial charge < -0.3 is 9.88 Å². The van der Waals surface area contributed by atoms with Crippen molar-refractivity contribution in [3.8, 4) is 0 Å². The molecule has 0 bridgehead atoms. The Morgan fingerprint density at radius 2 is 2.27 bits per heavy atom. The van der Waals surface area contributed by atoms with E-state index in [2.05, 4.69) is 34.0 Å². The molecule has 0 aromatic carbocycles. The van der Waals surface area contributed by atoms with Gasteiger partial charge in [0.1, 0.15) is 0 Å². The predicted molar refractivity (Wildman–Crippen MR) is 60.9 cm³/mol. The number of hydrogen-bond donors (Lipinski definition) is 1. The predicted octanol–water partition coefficient (Wildman–Crippen LogP) is 1.86. The average Bonchev–Trinajstić information content (AvgIpc) is 2.54. The van der Waals surface area contributed by atoms with Crippen molar-refractivity contribution >= 4 is 11.0 Å². The average molecular weight is 201 g/mol. The van der Waals surface area contributed by atoms with E-state index in [0.717, 1.165) is 25.2 Å². The Morgan fingerprint density at radius 1 is 1.40 bits per heavy atom. The third-order valence-corrected chi connectivity index (χ3v) is 3.14. The number of aromatic nitrogens is 2. The van der Waals surface area contributed by atoms with Gasteiger partial charge in [0, 0.05) is 30.0 Å². The van der Waals surface area contributed by atoms with Crippen molar-refractivity contribution in [2.24, 2.45) is 0 Å². The lowest BCUT2D eigenvalue weighted by Gasteiger charge is -2.21. The van der Waals surface area contributed by atoms with Gasteiger partial charge in [-0.15, -0.1) is 0 Å². The van der Waals surface area contributed by atoms with Crippen LogP contribution in [0.15, 0.2) is 12.1 Å². The number of hydrogen-bond acceptors (Lipinski definition) is 2. The van der Waals surface area contributed by atoms with Crippen molar-refractivity contribution in [3.05, 3.63) is 29.1 Å². The second-order valence-corrected chi connectivity index (χ2v) is 4.42. The van der Waals surface area contributed by atoms with Crippen molar-refractivity contribution in [2.45, 2.75) is 19.9 Å². The Labute approximate surface area is 89.1 Å². The molecule has 78 valence electrons. The summed E-state index contributed by atoms with van der Waals surface area (Å²) < 4.78 is 0. The van der Waals surface area contributed by atoms with E-state index in [-0.39, 0.29) is 0 Å². The fourth-order valence-corrected chi connectivity index (χ4v) is 2.32. The van der Waals surface area contributed by atoms with Crippen LogP contribution >= 0.6 is 0 Å². The van der Waals surface area contributed by atoms with Crippen LogP contribution in [0.25, 0.3) is 11.0 Å². The first-order chi connectivity index (χ1) is 7.24. The maximum atomic E-state index is 4.62. The minimum atomic E-state index is 1.02. The van der Waals surface area contributed by atoms with Gasteiger partial charge in [0.2, 0.25) is 0 Å². The highest BCUT2D eigenvalue weighted by Crippen LogP contribution is 2.25. The zero-order valence-electron chi connectivity index (χ0n) is 9.17. The van der Waals surface area contributed by atoms with E-state index < -0.39 is 0 Å². The highest BCUT2D eigenvalue weighted by atomic mass is 15.1. The van der Waals surface area contributed by atoms with Gasteiger partial charge >= 0.3 is 0 Å². The summed E-state index contributed by atoms with van der Waals surface area (Å²) in [6.45, 7) is 4.20. The van der Waals surface area contributed by atoms with Crippen LogP contribution in [0.3, 0.4) is 0 Å². The molecule has 0 atom stereocenters. The standard InChI is InChI=1S/C12H15N3/c1-8-3-4-10-12(13-8)9-5-6-15(2)7-11(9)14-10/h3-4,14H,5-7H2,1-2H3. The number of aryl methyl sites for hydroxylation is 1. The maximum absolute atomic E-state index is 4.62. The number of rotatable bonds is 0. The van der Waals surface area contributed by atoms with Crippen LogP contribution < -0.4 is 0 Å². The second kappa shape index (κ2) is 3.07. The quantitative estimate of drug-likeness (QED) is 0.705. The summed E-state index contributed by atoms with van der Waals surface area (Å²) >= 11 is 0. The molecule has 15 heavy (non-hydrogen) atoms. The Kier molecular flexibility index (Phi) is 1.83. The van der Waals surface area contributed by atoms with Crippen LogP contribution in [-0.2, 0) is 13.0 Å². The lowest BCUT2D eigenvalue weighted by molar-refractivity contribution is 0.310. The van der Waals surface area contributed by atoms with Gasteiger partial charge in [0.25, 0.3) is 0 Å². The lowest BCUT2D eigenvalue weighted by atomic mass is 10.1. The summed E-state index contributed by atoms with van der Waals surface area (Å²) in [6.07, 6.45) is 1.11. The molecule has 1 aliphatic heterocycles. The zero-order chi connectivity index (χ0) is 10.4. The largest absolute Gasteiger partial charge is 0.356 e. The number of aromatic amines is 1. The van der Waals surface area contributed by atoms with Gasteiger partial charge in [-0.25, -0.2) is 0 Å². The Morgan fingerprint density at radius 3 is 3.13 bits per heavy atom. The van der Waals surface area contributed by atoms with Crippen LogP contribution in [-0.4, -0.2) is 28.5 Å². The zero-order valence-corrected chi connectivity index (χ0v) is 9.17. The Balaban J connectivity index is 2.24. The molecule has 1 N–H and O–H groups in total. The minimum Gasteiger partial charge on any atom is -0.356 e. The third-order valence-electron chi connectivity index (χ3n) is 3.14. The first-order valence-corrected chi connectivity index (χ1v) is 5.39. The van der Waals surface area contributed by atoms with Crippen LogP contribution in [0.5, 0.6) is 0 Å². The monoisotopic (exact) mass is 201 g/mol. The Bertz CT molecular complexity index is 513. The molecule has 0 fully saturated rings. The van der Waals surface area contributed by atoms with Crippen molar-refractivity contribution in [2.75, 3.05) is 13.6 Å². The van der Waals surface area contributed by atoms with E-state index in [0.29, 0.717) is 0 Å². The van der Waals surface area contributed by atoms with Crippen molar-refractivity contribution in [1.82, 2.24) is 14.9 Å². The SMILES string of the molecule is Cc1ccc2[nH]c3c(c2n1)CCN(C)C3. The molecule has 0 aliphatic carbocycles. The van der Waals surface area contributed by atoms with Crippen molar-refractivity contribution < 1.29 is 0 Å². The number of likely N-dealkylation sites (N-methyl/N-ethyl adjacent to an activating group) is 1. The lowest BCUT2D eigenvalue weighted by Crippen LogP contribution is -2.26. The van der Waals surface area contributed by atoms with E-state index in [4.69, 9.17) is 0 Å². The molecule has 3 nitrogen and oxygen atoms in total. The minimum absolute atomic E-state index is 1.02.